The largest absolute Gasteiger partial charge is 0.236 e. The normalized spacial score (nSPS) is 8.92. The minimum Gasteiger partial charge on any atom is -0.236 e. The van der Waals surface area contributed by atoms with Gasteiger partial charge < -0.3 is 0 Å². The topological polar surface area (TPSA) is 36.7 Å². The molecule has 0 spiro atoms. The minimum absolute atomic E-state index is 0. The van der Waals surface area contributed by atoms with Gasteiger partial charge in [-0.05, 0) is 23.6 Å². The van der Waals surface area contributed by atoms with Crippen molar-refractivity contribution in [1.82, 2.24) is 4.98 Å². The van der Waals surface area contributed by atoms with Crippen molar-refractivity contribution in [3.8, 4) is 6.07 Å². The van der Waals surface area contributed by atoms with Gasteiger partial charge in [0.2, 0.25) is 0 Å². The van der Waals surface area contributed by atoms with E-state index in [-0.39, 0.29) is 12.4 Å². The minimum atomic E-state index is 0. The van der Waals surface area contributed by atoms with Crippen LogP contribution < -0.4 is 0 Å². The zero-order chi connectivity index (χ0) is 7.68. The van der Waals surface area contributed by atoms with Crippen LogP contribution in [0.3, 0.4) is 0 Å². The van der Waals surface area contributed by atoms with Crippen LogP contribution in [-0.2, 0) is 0 Å². The van der Waals surface area contributed by atoms with Crippen LogP contribution in [0.2, 0.25) is 0 Å². The van der Waals surface area contributed by atoms with E-state index < -0.39 is 0 Å². The van der Waals surface area contributed by atoms with Crippen molar-refractivity contribution in [3.05, 3.63) is 29.3 Å². The zero-order valence-electron chi connectivity index (χ0n) is 6.02. The van der Waals surface area contributed by atoms with E-state index in [9.17, 15) is 0 Å². The van der Waals surface area contributed by atoms with Gasteiger partial charge >= 0.3 is 0 Å². The molecule has 0 aromatic carbocycles. The highest BCUT2D eigenvalue weighted by Gasteiger charge is 1.96. The van der Waals surface area contributed by atoms with Gasteiger partial charge in [0.25, 0.3) is 0 Å². The van der Waals surface area contributed by atoms with Crippen molar-refractivity contribution >= 4 is 34.0 Å². The summed E-state index contributed by atoms with van der Waals surface area (Å²) in [5.74, 6) is 0. The number of hydrogen-bond acceptors (Lipinski definition) is 3. The molecule has 0 atom stereocenters. The predicted molar refractivity (Wildman–Crippen MR) is 51.6 cm³/mol. The average molecular weight is 197 g/mol. The van der Waals surface area contributed by atoms with Gasteiger partial charge in [-0.25, -0.2) is 4.98 Å². The molecule has 0 aliphatic rings. The number of pyridine rings is 1. The van der Waals surface area contributed by atoms with Gasteiger partial charge in [0.1, 0.15) is 11.8 Å². The summed E-state index contributed by atoms with van der Waals surface area (Å²) < 4.78 is 1.13. The summed E-state index contributed by atoms with van der Waals surface area (Å²) in [5, 5.41) is 10.5. The summed E-state index contributed by atoms with van der Waals surface area (Å²) >= 11 is 1.63. The van der Waals surface area contributed by atoms with E-state index >= 15 is 0 Å². The Bertz CT molecular complexity index is 430. The molecule has 0 saturated heterocycles. The standard InChI is InChI=1S/C8H4N2S.ClH/c9-5-6-1-2-8-7(10-6)3-4-11-8;/h1-4H;1H. The van der Waals surface area contributed by atoms with Crippen LogP contribution in [0.25, 0.3) is 10.2 Å². The van der Waals surface area contributed by atoms with Crippen LogP contribution in [-0.4, -0.2) is 4.98 Å². The highest BCUT2D eigenvalue weighted by atomic mass is 35.5. The number of hydrogen-bond donors (Lipinski definition) is 0. The Morgan fingerprint density at radius 1 is 1.33 bits per heavy atom. The van der Waals surface area contributed by atoms with E-state index in [1.54, 1.807) is 17.4 Å². The Morgan fingerprint density at radius 3 is 2.92 bits per heavy atom. The first-order valence-corrected chi connectivity index (χ1v) is 4.02. The Morgan fingerprint density at radius 2 is 2.17 bits per heavy atom. The molecule has 0 unspecified atom stereocenters. The molecule has 4 heteroatoms. The van der Waals surface area contributed by atoms with Crippen LogP contribution in [0.15, 0.2) is 23.6 Å². The molecule has 2 aromatic heterocycles. The third-order valence-corrected chi connectivity index (χ3v) is 2.29. The molecule has 0 aliphatic carbocycles. The van der Waals surface area contributed by atoms with Gasteiger partial charge in [-0.1, -0.05) is 0 Å². The quantitative estimate of drug-likeness (QED) is 0.650. The van der Waals surface area contributed by atoms with Crippen LogP contribution in [0.1, 0.15) is 5.69 Å². The summed E-state index contributed by atoms with van der Waals surface area (Å²) in [6.07, 6.45) is 0. The van der Waals surface area contributed by atoms with Gasteiger partial charge in [0.05, 0.1) is 10.2 Å². The monoisotopic (exact) mass is 196 g/mol. The van der Waals surface area contributed by atoms with E-state index in [4.69, 9.17) is 5.26 Å². The molecule has 0 N–H and O–H groups in total. The molecule has 0 aliphatic heterocycles. The zero-order valence-corrected chi connectivity index (χ0v) is 7.65. The molecular weight excluding hydrogens is 192 g/mol. The Hall–Kier alpha value is -1.11. The number of halogens is 1. The molecule has 0 radical (unpaired) electrons. The Balaban J connectivity index is 0.000000720. The molecule has 0 amide bonds. The highest BCUT2D eigenvalue weighted by Crippen LogP contribution is 2.18. The van der Waals surface area contributed by atoms with E-state index in [1.165, 1.54) is 0 Å². The number of nitriles is 1. The number of fused-ring (bicyclic) bond motifs is 1. The summed E-state index contributed by atoms with van der Waals surface area (Å²) in [5.41, 5.74) is 1.39. The average Bonchev–Trinajstić information content (AvgIpc) is 2.50. The van der Waals surface area contributed by atoms with Crippen LogP contribution in [0.4, 0.5) is 0 Å². The van der Waals surface area contributed by atoms with Gasteiger partial charge in [-0.3, -0.25) is 0 Å². The fourth-order valence-corrected chi connectivity index (χ4v) is 1.64. The molecule has 2 heterocycles. The molecule has 2 aromatic rings. The van der Waals surface area contributed by atoms with E-state index in [0.29, 0.717) is 5.69 Å². The first-order valence-electron chi connectivity index (χ1n) is 3.14. The SMILES string of the molecule is Cl.N#Cc1ccc2sccc2n1. The van der Waals surface area contributed by atoms with E-state index in [0.717, 1.165) is 10.2 Å². The van der Waals surface area contributed by atoms with Crippen LogP contribution in [0.5, 0.6) is 0 Å². The number of thiophene rings is 1. The van der Waals surface area contributed by atoms with Crippen molar-refractivity contribution in [2.24, 2.45) is 0 Å². The summed E-state index contributed by atoms with van der Waals surface area (Å²) in [4.78, 5) is 4.10. The molecular formula is C8H5ClN2S. The third-order valence-electron chi connectivity index (χ3n) is 1.42. The molecule has 12 heavy (non-hydrogen) atoms. The lowest BCUT2D eigenvalue weighted by Crippen LogP contribution is -1.78. The van der Waals surface area contributed by atoms with Gasteiger partial charge in [0, 0.05) is 0 Å². The van der Waals surface area contributed by atoms with Gasteiger partial charge in [-0.2, -0.15) is 5.26 Å². The van der Waals surface area contributed by atoms with Gasteiger partial charge in [0.15, 0.2) is 0 Å². The lowest BCUT2D eigenvalue weighted by Gasteiger charge is -1.87. The lowest BCUT2D eigenvalue weighted by atomic mass is 10.3. The maximum Gasteiger partial charge on any atom is 0.141 e. The molecule has 0 bridgehead atoms. The fraction of sp³-hybridized carbons (Fsp3) is 0. The molecule has 60 valence electrons. The second-order valence-corrected chi connectivity index (χ2v) is 3.06. The first kappa shape index (κ1) is 8.98. The first-order chi connectivity index (χ1) is 5.40. The summed E-state index contributed by atoms with van der Waals surface area (Å²) in [7, 11) is 0. The predicted octanol–water partition coefficient (Wildman–Crippen LogP) is 2.59. The van der Waals surface area contributed by atoms with Crippen molar-refractivity contribution < 1.29 is 0 Å². The molecule has 2 rings (SSSR count). The number of aromatic nitrogens is 1. The Kier molecular flexibility index (Phi) is 2.64. The van der Waals surface area contributed by atoms with Crippen molar-refractivity contribution in [1.29, 1.82) is 5.26 Å². The second-order valence-electron chi connectivity index (χ2n) is 2.11. The molecule has 0 fully saturated rings. The maximum absolute atomic E-state index is 8.53. The van der Waals surface area contributed by atoms with Gasteiger partial charge in [-0.15, -0.1) is 23.7 Å². The van der Waals surface area contributed by atoms with E-state index in [1.807, 2.05) is 23.6 Å². The number of rotatable bonds is 0. The van der Waals surface area contributed by atoms with E-state index in [2.05, 4.69) is 4.98 Å². The second kappa shape index (κ2) is 3.53. The highest BCUT2D eigenvalue weighted by molar-refractivity contribution is 7.17. The molecule has 0 saturated carbocycles. The third kappa shape index (κ3) is 1.40. The van der Waals surface area contributed by atoms with Crippen molar-refractivity contribution in [2.45, 2.75) is 0 Å². The maximum atomic E-state index is 8.53. The smallest absolute Gasteiger partial charge is 0.141 e. The summed E-state index contributed by atoms with van der Waals surface area (Å²) in [6, 6.07) is 7.58. The number of nitrogens with zero attached hydrogens (tertiary/aromatic N) is 2. The fourth-order valence-electron chi connectivity index (χ4n) is 0.915. The van der Waals surface area contributed by atoms with Crippen molar-refractivity contribution in [3.63, 3.8) is 0 Å². The molecule has 2 nitrogen and oxygen atoms in total. The van der Waals surface area contributed by atoms with Crippen molar-refractivity contribution in [2.75, 3.05) is 0 Å². The summed E-state index contributed by atoms with van der Waals surface area (Å²) in [6.45, 7) is 0. The lowest BCUT2D eigenvalue weighted by molar-refractivity contribution is 1.33. The van der Waals surface area contributed by atoms with Crippen LogP contribution in [0, 0.1) is 11.3 Å². The Labute approximate surface area is 79.9 Å². The van der Waals surface area contributed by atoms with Crippen LogP contribution >= 0.6 is 23.7 Å².